The predicted molar refractivity (Wildman–Crippen MR) is 110 cm³/mol. The Bertz CT molecular complexity index is 1060. The number of ketones is 1. The molecule has 0 aliphatic heterocycles. The molecule has 3 aromatic rings. The maximum atomic E-state index is 12.6. The van der Waals surface area contributed by atoms with Gasteiger partial charge in [-0.15, -0.1) is 0 Å². The van der Waals surface area contributed by atoms with E-state index in [0.717, 1.165) is 5.69 Å². The number of Topliss-reactive ketones (excluding diaryl/α,β-unsaturated/α-hetero) is 1. The molecule has 0 aliphatic carbocycles. The first-order valence-electron chi connectivity index (χ1n) is 9.21. The van der Waals surface area contributed by atoms with E-state index in [1.807, 2.05) is 30.3 Å². The molecule has 0 radical (unpaired) electrons. The van der Waals surface area contributed by atoms with E-state index in [1.165, 1.54) is 25.6 Å². The Morgan fingerprint density at radius 2 is 1.70 bits per heavy atom. The molecule has 8 nitrogen and oxygen atoms in total. The Labute approximate surface area is 173 Å². The lowest BCUT2D eigenvalue weighted by Gasteiger charge is -2.13. The van der Waals surface area contributed by atoms with Crippen LogP contribution >= 0.6 is 0 Å². The summed E-state index contributed by atoms with van der Waals surface area (Å²) in [6.45, 7) is 2.92. The van der Waals surface area contributed by atoms with Crippen LogP contribution in [-0.2, 0) is 9.53 Å². The van der Waals surface area contributed by atoms with Crippen molar-refractivity contribution in [3.05, 3.63) is 72.1 Å². The van der Waals surface area contributed by atoms with Gasteiger partial charge in [0.2, 0.25) is 5.69 Å². The summed E-state index contributed by atoms with van der Waals surface area (Å²) in [7, 11) is 1.42. The number of anilines is 1. The largest absolute Gasteiger partial charge is 0.493 e. The van der Waals surface area contributed by atoms with Gasteiger partial charge in [-0.25, -0.2) is 9.48 Å². The molecule has 0 saturated heterocycles. The first-order valence-corrected chi connectivity index (χ1v) is 9.21. The molecule has 3 rings (SSSR count). The molecule has 0 spiro atoms. The van der Waals surface area contributed by atoms with Crippen LogP contribution in [0.3, 0.4) is 0 Å². The highest BCUT2D eigenvalue weighted by Crippen LogP contribution is 2.21. The summed E-state index contributed by atoms with van der Waals surface area (Å²) in [5.74, 6) is -1.13. The standard InChI is InChI=1S/C22H21N3O5/c1-14(26)16-9-11-17(12-10-16)23-21(27)15(2)30-22(28)20-19(29-3)13-25(24-20)18-7-5-4-6-8-18/h4-13,15H,1-3H3,(H,23,27). The van der Waals surface area contributed by atoms with Gasteiger partial charge in [0.15, 0.2) is 17.6 Å². The SMILES string of the molecule is COc1cn(-c2ccccc2)nc1C(=O)OC(C)C(=O)Nc1ccc(C(C)=O)cc1. The van der Waals surface area contributed by atoms with Gasteiger partial charge in [-0.1, -0.05) is 18.2 Å². The van der Waals surface area contributed by atoms with E-state index < -0.39 is 18.0 Å². The van der Waals surface area contributed by atoms with Crippen LogP contribution in [0, 0.1) is 0 Å². The second-order valence-corrected chi connectivity index (χ2v) is 6.50. The summed E-state index contributed by atoms with van der Waals surface area (Å²) in [5.41, 5.74) is 1.73. The molecule has 1 amide bonds. The van der Waals surface area contributed by atoms with Crippen molar-refractivity contribution in [2.24, 2.45) is 0 Å². The number of carbonyl (C=O) groups is 3. The van der Waals surface area contributed by atoms with Crippen molar-refractivity contribution in [3.63, 3.8) is 0 Å². The maximum absolute atomic E-state index is 12.6. The molecule has 8 heteroatoms. The molecular weight excluding hydrogens is 386 g/mol. The lowest BCUT2D eigenvalue weighted by molar-refractivity contribution is -0.123. The minimum Gasteiger partial charge on any atom is -0.493 e. The normalized spacial score (nSPS) is 11.4. The number of methoxy groups -OCH3 is 1. The molecule has 30 heavy (non-hydrogen) atoms. The fourth-order valence-corrected chi connectivity index (χ4v) is 2.66. The molecule has 0 saturated carbocycles. The summed E-state index contributed by atoms with van der Waals surface area (Å²) in [5, 5.41) is 6.87. The second kappa shape index (κ2) is 9.04. The summed E-state index contributed by atoms with van der Waals surface area (Å²) in [6, 6.07) is 15.6. The van der Waals surface area contributed by atoms with Crippen molar-refractivity contribution in [2.45, 2.75) is 20.0 Å². The van der Waals surface area contributed by atoms with Crippen LogP contribution in [0.2, 0.25) is 0 Å². The summed E-state index contributed by atoms with van der Waals surface area (Å²) < 4.78 is 12.0. The fourth-order valence-electron chi connectivity index (χ4n) is 2.66. The highest BCUT2D eigenvalue weighted by molar-refractivity contribution is 5.98. The van der Waals surface area contributed by atoms with Crippen molar-refractivity contribution >= 4 is 23.3 Å². The van der Waals surface area contributed by atoms with E-state index in [9.17, 15) is 14.4 Å². The number of nitrogens with zero attached hydrogens (tertiary/aromatic N) is 2. The fraction of sp³-hybridized carbons (Fsp3) is 0.182. The number of hydrogen-bond donors (Lipinski definition) is 1. The average Bonchev–Trinajstić information content (AvgIpc) is 3.19. The lowest BCUT2D eigenvalue weighted by Crippen LogP contribution is -2.30. The van der Waals surface area contributed by atoms with Crippen LogP contribution in [0.5, 0.6) is 5.75 Å². The number of amides is 1. The van der Waals surface area contributed by atoms with Crippen LogP contribution in [0.15, 0.2) is 60.8 Å². The van der Waals surface area contributed by atoms with Crippen LogP contribution in [0.1, 0.15) is 34.7 Å². The van der Waals surface area contributed by atoms with Crippen molar-refractivity contribution in [1.82, 2.24) is 9.78 Å². The van der Waals surface area contributed by atoms with Crippen LogP contribution in [0.4, 0.5) is 5.69 Å². The Hall–Kier alpha value is -3.94. The van der Waals surface area contributed by atoms with Crippen molar-refractivity contribution in [2.75, 3.05) is 12.4 Å². The van der Waals surface area contributed by atoms with Gasteiger partial charge in [-0.2, -0.15) is 5.10 Å². The zero-order valence-electron chi connectivity index (χ0n) is 16.8. The average molecular weight is 407 g/mol. The van der Waals surface area contributed by atoms with Gasteiger partial charge in [0.1, 0.15) is 0 Å². The topological polar surface area (TPSA) is 99.5 Å². The van der Waals surface area contributed by atoms with Gasteiger partial charge in [0.25, 0.3) is 5.91 Å². The number of para-hydroxylation sites is 1. The Morgan fingerprint density at radius 3 is 2.30 bits per heavy atom. The number of aromatic nitrogens is 2. The van der Waals surface area contributed by atoms with E-state index in [1.54, 1.807) is 30.5 Å². The molecule has 1 N–H and O–H groups in total. The molecule has 0 fully saturated rings. The quantitative estimate of drug-likeness (QED) is 0.477. The number of benzene rings is 2. The molecule has 0 aliphatic rings. The number of rotatable bonds is 7. The third-order valence-electron chi connectivity index (χ3n) is 4.33. The van der Waals surface area contributed by atoms with Crippen LogP contribution in [0.25, 0.3) is 5.69 Å². The van der Waals surface area contributed by atoms with E-state index in [-0.39, 0.29) is 17.2 Å². The van der Waals surface area contributed by atoms with Gasteiger partial charge < -0.3 is 14.8 Å². The third-order valence-corrected chi connectivity index (χ3v) is 4.33. The first kappa shape index (κ1) is 20.8. The summed E-state index contributed by atoms with van der Waals surface area (Å²) >= 11 is 0. The van der Waals surface area contributed by atoms with Gasteiger partial charge >= 0.3 is 5.97 Å². The van der Waals surface area contributed by atoms with Crippen molar-refractivity contribution in [1.29, 1.82) is 0 Å². The molecule has 154 valence electrons. The van der Waals surface area contributed by atoms with Crippen molar-refractivity contribution < 1.29 is 23.9 Å². The number of ether oxygens (including phenoxy) is 2. The molecule has 1 unspecified atom stereocenters. The maximum Gasteiger partial charge on any atom is 0.363 e. The minimum atomic E-state index is -1.07. The minimum absolute atomic E-state index is 0.0354. The van der Waals surface area contributed by atoms with E-state index in [2.05, 4.69) is 10.4 Å². The van der Waals surface area contributed by atoms with Gasteiger partial charge in [0, 0.05) is 11.3 Å². The van der Waals surface area contributed by atoms with E-state index in [0.29, 0.717) is 11.3 Å². The monoisotopic (exact) mass is 407 g/mol. The second-order valence-electron chi connectivity index (χ2n) is 6.50. The number of hydrogen-bond acceptors (Lipinski definition) is 6. The zero-order chi connectivity index (χ0) is 21.7. The molecule has 1 aromatic heterocycles. The van der Waals surface area contributed by atoms with Gasteiger partial charge in [-0.3, -0.25) is 9.59 Å². The van der Waals surface area contributed by atoms with Crippen LogP contribution in [-0.4, -0.2) is 40.7 Å². The first-order chi connectivity index (χ1) is 14.4. The number of carbonyl (C=O) groups excluding carboxylic acids is 3. The highest BCUT2D eigenvalue weighted by atomic mass is 16.6. The summed E-state index contributed by atoms with van der Waals surface area (Å²) in [6.07, 6.45) is 0.490. The Balaban J connectivity index is 1.68. The molecule has 0 bridgehead atoms. The Morgan fingerprint density at radius 1 is 1.03 bits per heavy atom. The lowest BCUT2D eigenvalue weighted by atomic mass is 10.1. The van der Waals surface area contributed by atoms with Gasteiger partial charge in [0.05, 0.1) is 19.0 Å². The number of esters is 1. The summed E-state index contributed by atoms with van der Waals surface area (Å²) in [4.78, 5) is 36.3. The predicted octanol–water partition coefficient (Wildman–Crippen LogP) is 3.27. The highest BCUT2D eigenvalue weighted by Gasteiger charge is 2.25. The molecular formula is C22H21N3O5. The third kappa shape index (κ3) is 4.72. The number of nitrogens with one attached hydrogen (secondary N) is 1. The zero-order valence-corrected chi connectivity index (χ0v) is 16.8. The van der Waals surface area contributed by atoms with Crippen molar-refractivity contribution in [3.8, 4) is 11.4 Å². The van der Waals surface area contributed by atoms with Crippen LogP contribution < -0.4 is 10.1 Å². The molecule has 1 heterocycles. The van der Waals surface area contributed by atoms with E-state index >= 15 is 0 Å². The smallest absolute Gasteiger partial charge is 0.363 e. The van der Waals surface area contributed by atoms with Gasteiger partial charge in [-0.05, 0) is 50.2 Å². The molecule has 1 atom stereocenters. The van der Waals surface area contributed by atoms with E-state index in [4.69, 9.17) is 9.47 Å². The Kier molecular flexibility index (Phi) is 6.26. The molecule has 2 aromatic carbocycles.